The van der Waals surface area contributed by atoms with E-state index in [0.29, 0.717) is 11.1 Å². The maximum absolute atomic E-state index is 14.2. The van der Waals surface area contributed by atoms with Crippen molar-refractivity contribution < 1.29 is 44.7 Å². The molecule has 0 fully saturated rings. The number of carbonyl (C=O) groups is 4. The lowest BCUT2D eigenvalue weighted by Crippen LogP contribution is -2.73. The number of hydrogen-bond donors (Lipinski definition) is 5. The molecule has 5 atom stereocenters. The Labute approximate surface area is 248 Å². The van der Waals surface area contributed by atoms with E-state index in [1.54, 1.807) is 50.3 Å². The van der Waals surface area contributed by atoms with Gasteiger partial charge in [-0.05, 0) is 49.5 Å². The lowest BCUT2D eigenvalue weighted by Gasteiger charge is -2.62. The minimum Gasteiger partial charge on any atom is -0.511 e. The highest BCUT2D eigenvalue weighted by atomic mass is 16.4. The fourth-order valence-corrected chi connectivity index (χ4v) is 7.69. The van der Waals surface area contributed by atoms with Crippen LogP contribution < -0.4 is 0 Å². The van der Waals surface area contributed by atoms with Crippen LogP contribution in [0.15, 0.2) is 65.1 Å². The summed E-state index contributed by atoms with van der Waals surface area (Å²) >= 11 is 0. The van der Waals surface area contributed by atoms with E-state index in [1.165, 1.54) is 32.9 Å². The van der Waals surface area contributed by atoms with Gasteiger partial charge in [-0.15, -0.1) is 0 Å². The summed E-state index contributed by atoms with van der Waals surface area (Å²) in [4.78, 5) is 52.6. The molecule has 0 aromatic heterocycles. The predicted molar refractivity (Wildman–Crippen MR) is 157 cm³/mol. The Morgan fingerprint density at radius 1 is 0.930 bits per heavy atom. The summed E-state index contributed by atoms with van der Waals surface area (Å²) in [6.07, 6.45) is -0.157. The van der Waals surface area contributed by atoms with Crippen LogP contribution in [0.2, 0.25) is 0 Å². The summed E-state index contributed by atoms with van der Waals surface area (Å²) < 4.78 is 0. The third-order valence-electron chi connectivity index (χ3n) is 9.74. The molecule has 43 heavy (non-hydrogen) atoms. The Morgan fingerprint density at radius 2 is 1.53 bits per heavy atom. The first kappa shape index (κ1) is 30.1. The Bertz CT molecular complexity index is 1720. The lowest BCUT2D eigenvalue weighted by molar-refractivity contribution is -0.202. The average molecular weight is 587 g/mol. The molecule has 0 radical (unpaired) electrons. The minimum absolute atomic E-state index is 0.144. The third-order valence-corrected chi connectivity index (χ3v) is 9.74. The molecular formula is C34H34O9. The Balaban J connectivity index is 1.93. The van der Waals surface area contributed by atoms with Crippen molar-refractivity contribution in [3.05, 3.63) is 87.4 Å². The van der Waals surface area contributed by atoms with Crippen LogP contribution in [0.25, 0.3) is 11.6 Å². The minimum atomic E-state index is -2.98. The number of aliphatic hydroxyl groups is 4. The van der Waals surface area contributed by atoms with Gasteiger partial charge in [0.1, 0.15) is 22.8 Å². The van der Waals surface area contributed by atoms with Gasteiger partial charge >= 0.3 is 0 Å². The zero-order valence-corrected chi connectivity index (χ0v) is 24.7. The van der Waals surface area contributed by atoms with E-state index in [9.17, 15) is 44.7 Å². The topological polar surface area (TPSA) is 169 Å². The molecule has 0 saturated carbocycles. The van der Waals surface area contributed by atoms with Crippen LogP contribution in [0.1, 0.15) is 73.4 Å². The number of rotatable bonds is 4. The molecule has 3 aliphatic rings. The molecule has 3 aliphatic carbocycles. The molecule has 9 nitrogen and oxygen atoms in total. The molecule has 0 spiro atoms. The second kappa shape index (κ2) is 9.59. The van der Waals surface area contributed by atoms with Gasteiger partial charge in [-0.3, -0.25) is 19.2 Å². The number of phenolic OH excluding ortho intramolecular Hbond substituents is 1. The van der Waals surface area contributed by atoms with Gasteiger partial charge in [0, 0.05) is 16.9 Å². The van der Waals surface area contributed by atoms with Crippen LogP contribution in [0.3, 0.4) is 0 Å². The highest BCUT2D eigenvalue weighted by Gasteiger charge is 2.75. The Kier molecular flexibility index (Phi) is 6.72. The molecule has 0 bridgehead atoms. The molecular weight excluding hydrogens is 552 g/mol. The van der Waals surface area contributed by atoms with Crippen molar-refractivity contribution in [3.8, 4) is 5.75 Å². The first-order chi connectivity index (χ1) is 20.0. The van der Waals surface area contributed by atoms with Crippen LogP contribution in [-0.2, 0) is 9.59 Å². The quantitative estimate of drug-likeness (QED) is 0.255. The monoisotopic (exact) mass is 586 g/mol. The van der Waals surface area contributed by atoms with E-state index in [2.05, 4.69) is 0 Å². The van der Waals surface area contributed by atoms with Crippen LogP contribution in [-0.4, -0.2) is 60.4 Å². The molecule has 0 saturated heterocycles. The molecule has 5 rings (SSSR count). The van der Waals surface area contributed by atoms with Gasteiger partial charge in [0.2, 0.25) is 5.78 Å². The van der Waals surface area contributed by atoms with Crippen molar-refractivity contribution in [2.24, 2.45) is 22.7 Å². The number of fused-ring (bicyclic) bond motifs is 3. The van der Waals surface area contributed by atoms with Gasteiger partial charge < -0.3 is 25.5 Å². The average Bonchev–Trinajstić information content (AvgIpc) is 2.92. The van der Waals surface area contributed by atoms with Crippen LogP contribution in [0.4, 0.5) is 0 Å². The summed E-state index contributed by atoms with van der Waals surface area (Å²) in [6, 6.07) is 10.9. The third kappa shape index (κ3) is 3.64. The highest BCUT2D eigenvalue weighted by Crippen LogP contribution is 2.67. The largest absolute Gasteiger partial charge is 0.511 e. The van der Waals surface area contributed by atoms with Crippen molar-refractivity contribution in [1.29, 1.82) is 0 Å². The summed E-state index contributed by atoms with van der Waals surface area (Å²) in [5.74, 6) is -7.09. The van der Waals surface area contributed by atoms with Gasteiger partial charge in [-0.2, -0.15) is 0 Å². The molecule has 0 aliphatic heterocycles. The summed E-state index contributed by atoms with van der Waals surface area (Å²) in [6.45, 7) is 8.68. The molecule has 0 amide bonds. The van der Waals surface area contributed by atoms with E-state index in [4.69, 9.17) is 0 Å². The van der Waals surface area contributed by atoms with Crippen LogP contribution in [0, 0.1) is 22.7 Å². The maximum atomic E-state index is 14.2. The lowest BCUT2D eigenvalue weighted by atomic mass is 9.42. The highest BCUT2D eigenvalue weighted by molar-refractivity contribution is 6.26. The first-order valence-electron chi connectivity index (χ1n) is 14.0. The van der Waals surface area contributed by atoms with Crippen molar-refractivity contribution >= 4 is 34.8 Å². The summed E-state index contributed by atoms with van der Waals surface area (Å²) in [5, 5.41) is 58.9. The van der Waals surface area contributed by atoms with E-state index in [0.717, 1.165) is 6.92 Å². The van der Waals surface area contributed by atoms with E-state index in [1.807, 2.05) is 0 Å². The number of Topliss-reactive ketones (excluding diaryl/α,β-unsaturated/α-hetero) is 4. The molecule has 2 aromatic rings. The Hall–Kier alpha value is -4.34. The molecule has 1 unspecified atom stereocenters. The second-order valence-corrected chi connectivity index (χ2v) is 12.5. The zero-order valence-electron chi connectivity index (χ0n) is 24.7. The fraction of sp³-hybridized carbons (Fsp3) is 0.353. The maximum Gasteiger partial charge on any atom is 0.209 e. The van der Waals surface area contributed by atoms with Crippen molar-refractivity contribution in [1.82, 2.24) is 0 Å². The molecule has 2 aromatic carbocycles. The summed E-state index contributed by atoms with van der Waals surface area (Å²) in [7, 11) is 0. The zero-order chi connectivity index (χ0) is 32.0. The fourth-order valence-electron chi connectivity index (χ4n) is 7.69. The van der Waals surface area contributed by atoms with E-state index in [-0.39, 0.29) is 22.5 Å². The van der Waals surface area contributed by atoms with Gasteiger partial charge in [-0.25, -0.2) is 0 Å². The van der Waals surface area contributed by atoms with Gasteiger partial charge in [0.05, 0.1) is 22.7 Å². The number of aromatic hydroxyl groups is 1. The first-order valence-corrected chi connectivity index (χ1v) is 14.0. The number of aliphatic hydroxyl groups excluding tert-OH is 3. The SMILES string of the molecule is CC(=O)C1=C(O)C(C(C)C)[C@@]2(C)[C@H](O)[C@]3(C)C(=C(O)[C@@]2(O)C1=O)C(=O)c1c(O)cccc1/C3=C\c1ccc(C(C)=O)cc1. The molecule has 5 N–H and O–H groups in total. The second-order valence-electron chi connectivity index (χ2n) is 12.5. The van der Waals surface area contributed by atoms with E-state index < -0.39 is 80.1 Å². The summed E-state index contributed by atoms with van der Waals surface area (Å²) in [5.41, 5.74) is -6.71. The van der Waals surface area contributed by atoms with Gasteiger partial charge in [-0.1, -0.05) is 63.2 Å². The number of benzene rings is 2. The van der Waals surface area contributed by atoms with Crippen molar-refractivity contribution in [2.75, 3.05) is 0 Å². The number of ketones is 4. The van der Waals surface area contributed by atoms with Crippen LogP contribution in [0.5, 0.6) is 5.75 Å². The Morgan fingerprint density at radius 3 is 2.07 bits per heavy atom. The van der Waals surface area contributed by atoms with Crippen molar-refractivity contribution in [2.45, 2.75) is 53.2 Å². The number of hydrogen-bond acceptors (Lipinski definition) is 9. The molecule has 224 valence electrons. The normalized spacial score (nSPS) is 31.2. The molecule has 0 heterocycles. The van der Waals surface area contributed by atoms with Gasteiger partial charge in [0.15, 0.2) is 23.0 Å². The molecule has 9 heteroatoms. The smallest absolute Gasteiger partial charge is 0.209 e. The number of allylic oxidation sites excluding steroid dienone is 1. The standard InChI is InChI=1S/C34H34O9/c1-15(2)25-27(38)23(17(4)36)29(40)34(43)30(41)26-28(39)24-20(8-7-9-22(24)37)21(32(26,5)31(42)33(25,34)6)14-18-10-12-19(13-11-18)16(3)35/h7-15,25,31,37-38,41-43H,1-6H3/b21-14+/t25?,31-,32+,33+,34+/m1/s1. The van der Waals surface area contributed by atoms with Crippen LogP contribution >= 0.6 is 0 Å². The van der Waals surface area contributed by atoms with Gasteiger partial charge in [0.25, 0.3) is 0 Å². The van der Waals surface area contributed by atoms with Crippen molar-refractivity contribution in [3.63, 3.8) is 0 Å². The van der Waals surface area contributed by atoms with E-state index >= 15 is 0 Å². The number of phenols is 1. The predicted octanol–water partition coefficient (Wildman–Crippen LogP) is 4.52. The number of carbonyl (C=O) groups excluding carboxylic acids is 4.